The molecule has 0 amide bonds. The molecule has 0 aromatic carbocycles. The highest BCUT2D eigenvalue weighted by Gasteiger charge is 2.37. The van der Waals surface area contributed by atoms with Gasteiger partial charge < -0.3 is 9.59 Å². The number of fused-ring (bicyclic) bond motifs is 3. The van der Waals surface area contributed by atoms with Crippen LogP contribution in [0.15, 0.2) is 0 Å². The lowest BCUT2D eigenvalue weighted by atomic mass is 10.1. The Hall–Kier alpha value is -0.610. The van der Waals surface area contributed by atoms with Gasteiger partial charge >= 0.3 is 5.97 Å². The number of carboxylic acid groups (broad SMARTS) is 1. The Labute approximate surface area is 97.4 Å². The van der Waals surface area contributed by atoms with Crippen LogP contribution in [0.2, 0.25) is 0 Å². The zero-order valence-electron chi connectivity index (χ0n) is 10.0. The van der Waals surface area contributed by atoms with E-state index in [9.17, 15) is 4.79 Å². The molecule has 3 aliphatic heterocycles. The molecule has 3 heterocycles. The van der Waals surface area contributed by atoms with Gasteiger partial charge in [0.1, 0.15) is 0 Å². The molecule has 0 aromatic heterocycles. The molecule has 0 unspecified atom stereocenters. The summed E-state index contributed by atoms with van der Waals surface area (Å²) in [6, 6.07) is 0. The fourth-order valence-electron chi connectivity index (χ4n) is 2.97. The number of rotatable bonds is 6. The van der Waals surface area contributed by atoms with Crippen molar-refractivity contribution in [2.24, 2.45) is 0 Å². The lowest BCUT2D eigenvalue weighted by molar-refractivity contribution is -0.941. The van der Waals surface area contributed by atoms with Crippen LogP contribution >= 0.6 is 0 Å². The van der Waals surface area contributed by atoms with Crippen molar-refractivity contribution >= 4 is 5.97 Å². The molecule has 4 nitrogen and oxygen atoms in total. The normalized spacial score (nSPS) is 32.9. The predicted molar refractivity (Wildman–Crippen MR) is 62.3 cm³/mol. The third-order valence-electron chi connectivity index (χ3n) is 4.19. The molecule has 0 aromatic rings. The van der Waals surface area contributed by atoms with E-state index in [1.54, 1.807) is 0 Å². The van der Waals surface area contributed by atoms with E-state index in [0.717, 1.165) is 12.8 Å². The Bertz CT molecular complexity index is 234. The van der Waals surface area contributed by atoms with Crippen LogP contribution in [0.3, 0.4) is 0 Å². The van der Waals surface area contributed by atoms with Crippen LogP contribution in [0.4, 0.5) is 0 Å². The molecule has 0 atom stereocenters. The average molecular weight is 227 g/mol. The monoisotopic (exact) mass is 227 g/mol. The summed E-state index contributed by atoms with van der Waals surface area (Å²) in [5, 5.41) is 8.56. The highest BCUT2D eigenvalue weighted by Crippen LogP contribution is 2.20. The Morgan fingerprint density at radius 3 is 2.25 bits per heavy atom. The fraction of sp³-hybridized carbons (Fsp3) is 0.917. The van der Waals surface area contributed by atoms with Crippen LogP contribution in [-0.2, 0) is 4.79 Å². The van der Waals surface area contributed by atoms with E-state index in [1.807, 2.05) is 0 Å². The number of carboxylic acids is 1. The lowest BCUT2D eigenvalue weighted by Gasteiger charge is -2.50. The van der Waals surface area contributed by atoms with Crippen molar-refractivity contribution in [1.82, 2.24) is 4.90 Å². The van der Waals surface area contributed by atoms with Gasteiger partial charge in [-0.05, 0) is 19.3 Å². The molecule has 92 valence electrons. The first kappa shape index (κ1) is 11.9. The molecule has 0 saturated carbocycles. The molecule has 0 aliphatic carbocycles. The first-order chi connectivity index (χ1) is 7.70. The van der Waals surface area contributed by atoms with E-state index in [-0.39, 0.29) is 0 Å². The van der Waals surface area contributed by atoms with Crippen LogP contribution in [0, 0.1) is 0 Å². The van der Waals surface area contributed by atoms with E-state index in [0.29, 0.717) is 6.42 Å². The maximum atomic E-state index is 10.4. The summed E-state index contributed by atoms with van der Waals surface area (Å²) in [5.74, 6) is -0.654. The maximum Gasteiger partial charge on any atom is 0.303 e. The molecular weight excluding hydrogens is 204 g/mol. The smallest absolute Gasteiger partial charge is 0.303 e. The van der Waals surface area contributed by atoms with Gasteiger partial charge in [0.15, 0.2) is 0 Å². The number of piperazine rings is 3. The van der Waals surface area contributed by atoms with Crippen LogP contribution < -0.4 is 0 Å². The van der Waals surface area contributed by atoms with Gasteiger partial charge in [-0.2, -0.15) is 0 Å². The molecule has 3 fully saturated rings. The lowest BCUT2D eigenvalue weighted by Crippen LogP contribution is -2.67. The molecule has 3 rings (SSSR count). The minimum absolute atomic E-state index is 0.341. The number of unbranched alkanes of at least 4 members (excludes halogenated alkanes) is 2. The second-order valence-corrected chi connectivity index (χ2v) is 5.28. The third kappa shape index (κ3) is 2.95. The van der Waals surface area contributed by atoms with Crippen molar-refractivity contribution in [3.63, 3.8) is 0 Å². The minimum Gasteiger partial charge on any atom is -0.481 e. The van der Waals surface area contributed by atoms with Crippen molar-refractivity contribution in [2.45, 2.75) is 25.7 Å². The largest absolute Gasteiger partial charge is 0.481 e. The Kier molecular flexibility index (Phi) is 3.82. The fourth-order valence-corrected chi connectivity index (χ4v) is 2.97. The number of quaternary nitrogens is 1. The minimum atomic E-state index is -0.654. The first-order valence-corrected chi connectivity index (χ1v) is 6.49. The number of carbonyl (C=O) groups is 1. The molecule has 4 heteroatoms. The van der Waals surface area contributed by atoms with Crippen molar-refractivity contribution in [2.75, 3.05) is 45.8 Å². The summed E-state index contributed by atoms with van der Waals surface area (Å²) in [4.78, 5) is 12.9. The summed E-state index contributed by atoms with van der Waals surface area (Å²) in [7, 11) is 0. The van der Waals surface area contributed by atoms with Crippen molar-refractivity contribution < 1.29 is 14.4 Å². The van der Waals surface area contributed by atoms with Crippen LogP contribution in [0.5, 0.6) is 0 Å². The summed E-state index contributed by atoms with van der Waals surface area (Å²) in [6.45, 7) is 9.05. The van der Waals surface area contributed by atoms with E-state index < -0.39 is 5.97 Å². The highest BCUT2D eigenvalue weighted by atomic mass is 16.4. The van der Waals surface area contributed by atoms with Gasteiger partial charge in [-0.15, -0.1) is 0 Å². The Morgan fingerprint density at radius 1 is 1.06 bits per heavy atom. The van der Waals surface area contributed by atoms with Crippen LogP contribution in [0.1, 0.15) is 25.7 Å². The van der Waals surface area contributed by atoms with Crippen LogP contribution in [-0.4, -0.2) is 66.3 Å². The SMILES string of the molecule is O=C(O)CCCCC[N+]12CCN(CC1)CC2. The van der Waals surface area contributed by atoms with Gasteiger partial charge in [0.2, 0.25) is 0 Å². The van der Waals surface area contributed by atoms with E-state index >= 15 is 0 Å². The first-order valence-electron chi connectivity index (χ1n) is 6.49. The number of nitrogens with zero attached hydrogens (tertiary/aromatic N) is 2. The predicted octanol–water partition coefficient (Wildman–Crippen LogP) is 0.777. The molecule has 1 N–H and O–H groups in total. The van der Waals surface area contributed by atoms with E-state index in [2.05, 4.69) is 4.90 Å². The molecule has 3 aliphatic rings. The Balaban J connectivity index is 1.63. The second-order valence-electron chi connectivity index (χ2n) is 5.28. The topological polar surface area (TPSA) is 40.5 Å². The standard InChI is InChI=1S/C12H22N2O2/c15-12(16)4-2-1-3-8-14-9-5-13(6-10-14)7-11-14/h1-11H2/p+1. The summed E-state index contributed by atoms with van der Waals surface area (Å²) >= 11 is 0. The van der Waals surface area contributed by atoms with Crippen molar-refractivity contribution in [1.29, 1.82) is 0 Å². The molecule has 0 spiro atoms. The van der Waals surface area contributed by atoms with Crippen LogP contribution in [0.25, 0.3) is 0 Å². The van der Waals surface area contributed by atoms with Gasteiger partial charge in [-0.25, -0.2) is 0 Å². The zero-order chi connectivity index (χ0) is 11.4. The van der Waals surface area contributed by atoms with Gasteiger partial charge in [0, 0.05) is 26.1 Å². The maximum absolute atomic E-state index is 10.4. The molecule has 2 bridgehead atoms. The molecule has 0 radical (unpaired) electrons. The molecule has 3 saturated heterocycles. The van der Waals surface area contributed by atoms with Gasteiger partial charge in [-0.1, -0.05) is 0 Å². The quantitative estimate of drug-likeness (QED) is 0.538. The summed E-state index contributed by atoms with van der Waals surface area (Å²) in [6.07, 6.45) is 3.47. The summed E-state index contributed by atoms with van der Waals surface area (Å²) < 4.78 is 1.31. The zero-order valence-corrected chi connectivity index (χ0v) is 10.0. The molecular formula is C12H23N2O2+. The van der Waals surface area contributed by atoms with E-state index in [1.165, 1.54) is 56.7 Å². The van der Waals surface area contributed by atoms with Gasteiger partial charge in [0.05, 0.1) is 26.2 Å². The van der Waals surface area contributed by atoms with Crippen molar-refractivity contribution in [3.05, 3.63) is 0 Å². The van der Waals surface area contributed by atoms with Crippen molar-refractivity contribution in [3.8, 4) is 0 Å². The highest BCUT2D eigenvalue weighted by molar-refractivity contribution is 5.66. The third-order valence-corrected chi connectivity index (χ3v) is 4.19. The average Bonchev–Trinajstić information content (AvgIpc) is 2.30. The van der Waals surface area contributed by atoms with Gasteiger partial charge in [-0.3, -0.25) is 9.69 Å². The molecule has 16 heavy (non-hydrogen) atoms. The summed E-state index contributed by atoms with van der Waals surface area (Å²) in [5.41, 5.74) is 0. The second kappa shape index (κ2) is 5.15. The number of hydrogen-bond donors (Lipinski definition) is 1. The number of aliphatic carboxylic acids is 1. The van der Waals surface area contributed by atoms with Gasteiger partial charge in [0.25, 0.3) is 0 Å². The van der Waals surface area contributed by atoms with E-state index in [4.69, 9.17) is 5.11 Å². The Morgan fingerprint density at radius 2 is 1.69 bits per heavy atom. The number of hydrogen-bond acceptors (Lipinski definition) is 2.